The largest absolute Gasteiger partial charge is 0.481 e. The van der Waals surface area contributed by atoms with Crippen molar-refractivity contribution in [3.63, 3.8) is 0 Å². The molecular formula is C10H10ClN3O2. The normalized spacial score (nSPS) is 12.9. The first kappa shape index (κ1) is 10.9. The van der Waals surface area contributed by atoms with Crippen molar-refractivity contribution in [3.05, 3.63) is 28.9 Å². The van der Waals surface area contributed by atoms with Crippen LogP contribution < -0.4 is 5.73 Å². The van der Waals surface area contributed by atoms with Crippen molar-refractivity contribution in [2.24, 2.45) is 5.73 Å². The number of H-pyrrole nitrogens is 1. The number of carboxylic acid groups (broad SMARTS) is 1. The first-order valence-corrected chi connectivity index (χ1v) is 5.07. The third kappa shape index (κ3) is 1.75. The summed E-state index contributed by atoms with van der Waals surface area (Å²) in [6, 6.07) is 5.13. The van der Waals surface area contributed by atoms with Crippen LogP contribution in [0.25, 0.3) is 10.9 Å². The van der Waals surface area contributed by atoms with Gasteiger partial charge in [-0.15, -0.1) is 0 Å². The number of nitrogens with zero attached hydrogens (tertiary/aromatic N) is 1. The Bertz CT molecular complexity index is 538. The van der Waals surface area contributed by atoms with Gasteiger partial charge in [0.05, 0.1) is 11.4 Å². The number of nitrogens with one attached hydrogen (secondary N) is 1. The lowest BCUT2D eigenvalue weighted by Crippen LogP contribution is -2.20. The van der Waals surface area contributed by atoms with E-state index in [1.165, 1.54) is 0 Å². The number of aromatic nitrogens is 2. The molecule has 0 bridgehead atoms. The molecule has 0 saturated heterocycles. The van der Waals surface area contributed by atoms with Gasteiger partial charge >= 0.3 is 5.97 Å². The quantitative estimate of drug-likeness (QED) is 0.754. The molecule has 4 N–H and O–H groups in total. The van der Waals surface area contributed by atoms with Gasteiger partial charge in [0.1, 0.15) is 5.15 Å². The number of carbonyl (C=O) groups is 1. The predicted molar refractivity (Wildman–Crippen MR) is 60.5 cm³/mol. The molecule has 1 unspecified atom stereocenters. The summed E-state index contributed by atoms with van der Waals surface area (Å²) in [5.41, 5.74) is 6.69. The molecule has 0 amide bonds. The predicted octanol–water partition coefficient (Wildman–Crippen LogP) is 1.34. The Morgan fingerprint density at radius 3 is 3.00 bits per heavy atom. The highest BCUT2D eigenvalue weighted by Gasteiger charge is 2.18. The Balaban J connectivity index is 2.50. The van der Waals surface area contributed by atoms with E-state index in [0.29, 0.717) is 16.2 Å². The third-order valence-electron chi connectivity index (χ3n) is 2.47. The number of aromatic amines is 1. The Kier molecular flexibility index (Phi) is 2.80. The molecule has 2 aromatic rings. The molecule has 16 heavy (non-hydrogen) atoms. The SMILES string of the molecule is NCC(C(=O)O)c1ccc2c(Cl)[nH]nc2c1. The number of nitrogens with two attached hydrogens (primary N) is 1. The minimum absolute atomic E-state index is 0.0546. The molecule has 0 aliphatic heterocycles. The summed E-state index contributed by atoms with van der Waals surface area (Å²) in [6.45, 7) is 0.0546. The minimum atomic E-state index is -0.941. The number of rotatable bonds is 3. The van der Waals surface area contributed by atoms with Gasteiger partial charge in [0.15, 0.2) is 0 Å². The molecule has 0 aliphatic rings. The smallest absolute Gasteiger partial charge is 0.312 e. The topological polar surface area (TPSA) is 92.0 Å². The van der Waals surface area contributed by atoms with Crippen molar-refractivity contribution in [1.82, 2.24) is 10.2 Å². The van der Waals surface area contributed by atoms with Crippen LogP contribution in [0.4, 0.5) is 0 Å². The number of halogens is 1. The number of aliphatic carboxylic acids is 1. The molecule has 1 aromatic carbocycles. The van der Waals surface area contributed by atoms with Crippen molar-refractivity contribution in [2.75, 3.05) is 6.54 Å². The number of benzene rings is 1. The van der Waals surface area contributed by atoms with Gasteiger partial charge in [-0.3, -0.25) is 9.89 Å². The Labute approximate surface area is 96.2 Å². The van der Waals surface area contributed by atoms with Crippen molar-refractivity contribution >= 4 is 28.5 Å². The van der Waals surface area contributed by atoms with Gasteiger partial charge < -0.3 is 10.8 Å². The number of hydrogen-bond acceptors (Lipinski definition) is 3. The maximum atomic E-state index is 10.9. The van der Waals surface area contributed by atoms with Gasteiger partial charge in [0.2, 0.25) is 0 Å². The second kappa shape index (κ2) is 4.11. The first-order chi connectivity index (χ1) is 7.63. The average molecular weight is 240 g/mol. The molecule has 1 heterocycles. The molecule has 1 atom stereocenters. The summed E-state index contributed by atoms with van der Waals surface area (Å²) in [5, 5.41) is 16.8. The van der Waals surface area contributed by atoms with Gasteiger partial charge in [-0.2, -0.15) is 5.10 Å². The van der Waals surface area contributed by atoms with E-state index in [9.17, 15) is 4.79 Å². The van der Waals surface area contributed by atoms with Crippen LogP contribution in [-0.4, -0.2) is 27.8 Å². The van der Waals surface area contributed by atoms with E-state index in [4.69, 9.17) is 22.4 Å². The fourth-order valence-electron chi connectivity index (χ4n) is 1.59. The van der Waals surface area contributed by atoms with E-state index in [1.807, 2.05) is 0 Å². The van der Waals surface area contributed by atoms with Crippen LogP contribution >= 0.6 is 11.6 Å². The second-order valence-corrected chi connectivity index (χ2v) is 3.82. The summed E-state index contributed by atoms with van der Waals surface area (Å²) < 4.78 is 0. The molecule has 0 aliphatic carbocycles. The van der Waals surface area contributed by atoms with E-state index < -0.39 is 11.9 Å². The summed E-state index contributed by atoms with van der Waals surface area (Å²) >= 11 is 5.84. The summed E-state index contributed by atoms with van der Waals surface area (Å²) in [4.78, 5) is 10.9. The lowest BCUT2D eigenvalue weighted by atomic mass is 9.98. The zero-order chi connectivity index (χ0) is 11.7. The van der Waals surface area contributed by atoms with Crippen molar-refractivity contribution in [1.29, 1.82) is 0 Å². The third-order valence-corrected chi connectivity index (χ3v) is 2.76. The van der Waals surface area contributed by atoms with E-state index in [-0.39, 0.29) is 6.54 Å². The molecule has 0 spiro atoms. The molecular weight excluding hydrogens is 230 g/mol. The maximum Gasteiger partial charge on any atom is 0.312 e. The van der Waals surface area contributed by atoms with Crippen LogP contribution in [-0.2, 0) is 4.79 Å². The number of carboxylic acids is 1. The van der Waals surface area contributed by atoms with E-state index >= 15 is 0 Å². The highest BCUT2D eigenvalue weighted by Crippen LogP contribution is 2.24. The second-order valence-electron chi connectivity index (χ2n) is 3.44. The summed E-state index contributed by atoms with van der Waals surface area (Å²) in [5.74, 6) is -1.65. The lowest BCUT2D eigenvalue weighted by Gasteiger charge is -2.09. The molecule has 84 valence electrons. The van der Waals surface area contributed by atoms with Crippen LogP contribution in [0.3, 0.4) is 0 Å². The van der Waals surface area contributed by atoms with Crippen LogP contribution in [0.15, 0.2) is 18.2 Å². The standard InChI is InChI=1S/C10H10ClN3O2/c11-9-6-2-1-5(3-8(6)13-14-9)7(4-12)10(15)16/h1-3,7H,4,12H2,(H,13,14)(H,15,16). The zero-order valence-electron chi connectivity index (χ0n) is 8.27. The molecule has 0 fully saturated rings. The number of hydrogen-bond donors (Lipinski definition) is 3. The van der Waals surface area contributed by atoms with Crippen molar-refractivity contribution < 1.29 is 9.90 Å². The highest BCUT2D eigenvalue weighted by molar-refractivity contribution is 6.34. The van der Waals surface area contributed by atoms with Crippen LogP contribution in [0.2, 0.25) is 5.15 Å². The molecule has 1 aromatic heterocycles. The zero-order valence-corrected chi connectivity index (χ0v) is 9.03. The van der Waals surface area contributed by atoms with Gasteiger partial charge in [-0.05, 0) is 17.7 Å². The van der Waals surface area contributed by atoms with Crippen LogP contribution in [0.1, 0.15) is 11.5 Å². The molecule has 5 nitrogen and oxygen atoms in total. The minimum Gasteiger partial charge on any atom is -0.481 e. The molecule has 6 heteroatoms. The number of fused-ring (bicyclic) bond motifs is 1. The Morgan fingerprint density at radius 2 is 2.38 bits per heavy atom. The fourth-order valence-corrected chi connectivity index (χ4v) is 1.79. The van der Waals surface area contributed by atoms with Gasteiger partial charge in [0.25, 0.3) is 0 Å². The van der Waals surface area contributed by atoms with Crippen LogP contribution in [0.5, 0.6) is 0 Å². The molecule has 0 radical (unpaired) electrons. The van der Waals surface area contributed by atoms with Crippen molar-refractivity contribution in [3.8, 4) is 0 Å². The van der Waals surface area contributed by atoms with Crippen LogP contribution in [0, 0.1) is 0 Å². The first-order valence-electron chi connectivity index (χ1n) is 4.70. The van der Waals surface area contributed by atoms with E-state index in [0.717, 1.165) is 5.39 Å². The summed E-state index contributed by atoms with van der Waals surface area (Å²) in [7, 11) is 0. The van der Waals surface area contributed by atoms with E-state index in [2.05, 4.69) is 10.2 Å². The van der Waals surface area contributed by atoms with E-state index in [1.54, 1.807) is 18.2 Å². The molecule has 0 saturated carbocycles. The van der Waals surface area contributed by atoms with Crippen molar-refractivity contribution in [2.45, 2.75) is 5.92 Å². The Morgan fingerprint density at radius 1 is 1.62 bits per heavy atom. The summed E-state index contributed by atoms with van der Waals surface area (Å²) in [6.07, 6.45) is 0. The fraction of sp³-hybridized carbons (Fsp3) is 0.200. The maximum absolute atomic E-state index is 10.9. The van der Waals surface area contributed by atoms with Gasteiger partial charge in [0, 0.05) is 11.9 Å². The monoisotopic (exact) mass is 239 g/mol. The van der Waals surface area contributed by atoms with Gasteiger partial charge in [-0.25, -0.2) is 0 Å². The lowest BCUT2D eigenvalue weighted by molar-refractivity contribution is -0.138. The Hall–Kier alpha value is -1.59. The average Bonchev–Trinajstić information content (AvgIpc) is 2.61. The molecule has 2 rings (SSSR count). The van der Waals surface area contributed by atoms with Gasteiger partial charge in [-0.1, -0.05) is 17.7 Å². The highest BCUT2D eigenvalue weighted by atomic mass is 35.5.